The van der Waals surface area contributed by atoms with Crippen molar-refractivity contribution in [3.05, 3.63) is 29.6 Å². The van der Waals surface area contributed by atoms with Crippen LogP contribution in [0.4, 0.5) is 10.1 Å². The standard InChI is InChI=1S/C10H13FN2/c11-9-2-1-8(12)5-7(9)6-10(13)3-4-10/h1-2,5H,3-4,6,12-13H2. The lowest BCUT2D eigenvalue weighted by atomic mass is 10.0. The molecule has 4 N–H and O–H groups in total. The summed E-state index contributed by atoms with van der Waals surface area (Å²) in [5, 5.41) is 0. The van der Waals surface area contributed by atoms with Gasteiger partial charge >= 0.3 is 0 Å². The SMILES string of the molecule is Nc1ccc(F)c(CC2(N)CC2)c1. The van der Waals surface area contributed by atoms with E-state index < -0.39 is 0 Å². The van der Waals surface area contributed by atoms with Gasteiger partial charge in [0.05, 0.1) is 0 Å². The predicted molar refractivity (Wildman–Crippen MR) is 50.7 cm³/mol. The fourth-order valence-electron chi connectivity index (χ4n) is 1.45. The van der Waals surface area contributed by atoms with Crippen LogP contribution in [0, 0.1) is 5.82 Å². The molecular formula is C10H13FN2. The Morgan fingerprint density at radius 3 is 2.69 bits per heavy atom. The van der Waals surface area contributed by atoms with E-state index in [1.165, 1.54) is 6.07 Å². The largest absolute Gasteiger partial charge is 0.399 e. The Bertz CT molecular complexity index is 332. The Morgan fingerprint density at radius 2 is 2.08 bits per heavy atom. The maximum Gasteiger partial charge on any atom is 0.126 e. The van der Waals surface area contributed by atoms with Gasteiger partial charge in [-0.3, -0.25) is 0 Å². The molecule has 1 aliphatic rings. The molecule has 0 amide bonds. The van der Waals surface area contributed by atoms with Crippen LogP contribution in [0.5, 0.6) is 0 Å². The number of hydrogen-bond acceptors (Lipinski definition) is 2. The highest BCUT2D eigenvalue weighted by atomic mass is 19.1. The second-order valence-corrected chi connectivity index (χ2v) is 3.89. The molecule has 70 valence electrons. The van der Waals surface area contributed by atoms with E-state index in [2.05, 4.69) is 0 Å². The molecule has 13 heavy (non-hydrogen) atoms. The third kappa shape index (κ3) is 1.80. The molecular weight excluding hydrogens is 167 g/mol. The highest BCUT2D eigenvalue weighted by molar-refractivity contribution is 5.42. The van der Waals surface area contributed by atoms with Crippen LogP contribution >= 0.6 is 0 Å². The number of rotatable bonds is 2. The van der Waals surface area contributed by atoms with Crippen molar-refractivity contribution < 1.29 is 4.39 Å². The van der Waals surface area contributed by atoms with Gasteiger partial charge in [0.1, 0.15) is 5.82 Å². The van der Waals surface area contributed by atoms with Gasteiger partial charge in [-0.2, -0.15) is 0 Å². The van der Waals surface area contributed by atoms with Crippen molar-refractivity contribution in [2.75, 3.05) is 5.73 Å². The topological polar surface area (TPSA) is 52.0 Å². The van der Waals surface area contributed by atoms with Crippen LogP contribution in [0.15, 0.2) is 18.2 Å². The van der Waals surface area contributed by atoms with Crippen LogP contribution in [0.2, 0.25) is 0 Å². The monoisotopic (exact) mass is 180 g/mol. The van der Waals surface area contributed by atoms with Crippen LogP contribution in [-0.2, 0) is 6.42 Å². The van der Waals surface area contributed by atoms with E-state index in [9.17, 15) is 4.39 Å². The number of hydrogen-bond donors (Lipinski definition) is 2. The first-order valence-electron chi connectivity index (χ1n) is 4.42. The normalized spacial score (nSPS) is 18.6. The summed E-state index contributed by atoms with van der Waals surface area (Å²) >= 11 is 0. The molecule has 0 saturated heterocycles. The van der Waals surface area contributed by atoms with E-state index in [0.717, 1.165) is 12.8 Å². The molecule has 1 saturated carbocycles. The zero-order valence-corrected chi connectivity index (χ0v) is 7.39. The first kappa shape index (κ1) is 8.51. The maximum absolute atomic E-state index is 13.2. The molecule has 2 nitrogen and oxygen atoms in total. The van der Waals surface area contributed by atoms with Crippen LogP contribution in [-0.4, -0.2) is 5.54 Å². The fourth-order valence-corrected chi connectivity index (χ4v) is 1.45. The molecule has 1 aromatic carbocycles. The highest BCUT2D eigenvalue weighted by Crippen LogP contribution is 2.36. The van der Waals surface area contributed by atoms with Crippen molar-refractivity contribution in [1.82, 2.24) is 0 Å². The maximum atomic E-state index is 13.2. The molecule has 3 heteroatoms. The molecule has 0 bridgehead atoms. The average molecular weight is 180 g/mol. The molecule has 2 rings (SSSR count). The first-order valence-corrected chi connectivity index (χ1v) is 4.42. The second-order valence-electron chi connectivity index (χ2n) is 3.89. The van der Waals surface area contributed by atoms with Gasteiger partial charge in [-0.1, -0.05) is 0 Å². The molecule has 1 fully saturated rings. The molecule has 0 radical (unpaired) electrons. The highest BCUT2D eigenvalue weighted by Gasteiger charge is 2.38. The van der Waals surface area contributed by atoms with Gasteiger partial charge in [0.25, 0.3) is 0 Å². The van der Waals surface area contributed by atoms with E-state index in [-0.39, 0.29) is 11.4 Å². The Morgan fingerprint density at radius 1 is 1.38 bits per heavy atom. The fraction of sp³-hybridized carbons (Fsp3) is 0.400. The van der Waals surface area contributed by atoms with E-state index in [1.54, 1.807) is 12.1 Å². The van der Waals surface area contributed by atoms with E-state index >= 15 is 0 Å². The summed E-state index contributed by atoms with van der Waals surface area (Å²) in [4.78, 5) is 0. The number of nitrogens with two attached hydrogens (primary N) is 2. The minimum absolute atomic E-state index is 0.158. The van der Waals surface area contributed by atoms with Crippen molar-refractivity contribution in [1.29, 1.82) is 0 Å². The van der Waals surface area contributed by atoms with E-state index in [1.807, 2.05) is 0 Å². The third-order valence-corrected chi connectivity index (χ3v) is 2.50. The lowest BCUT2D eigenvalue weighted by molar-refractivity contribution is 0.583. The minimum atomic E-state index is -0.203. The quantitative estimate of drug-likeness (QED) is 0.677. The second kappa shape index (κ2) is 2.70. The molecule has 0 unspecified atom stereocenters. The number of anilines is 1. The Labute approximate surface area is 76.7 Å². The Hall–Kier alpha value is -1.09. The minimum Gasteiger partial charge on any atom is -0.399 e. The predicted octanol–water partition coefficient (Wildman–Crippen LogP) is 1.44. The Kier molecular flexibility index (Phi) is 1.77. The van der Waals surface area contributed by atoms with Crippen LogP contribution in [0.25, 0.3) is 0 Å². The van der Waals surface area contributed by atoms with Crippen LogP contribution < -0.4 is 11.5 Å². The number of benzene rings is 1. The summed E-state index contributed by atoms with van der Waals surface area (Å²) in [6, 6.07) is 4.63. The molecule has 0 heterocycles. The van der Waals surface area contributed by atoms with Crippen molar-refractivity contribution in [2.24, 2.45) is 5.73 Å². The van der Waals surface area contributed by atoms with Gasteiger partial charge in [0, 0.05) is 11.2 Å². The summed E-state index contributed by atoms with van der Waals surface area (Å²) < 4.78 is 13.2. The van der Waals surface area contributed by atoms with Crippen molar-refractivity contribution in [2.45, 2.75) is 24.8 Å². The van der Waals surface area contributed by atoms with Crippen molar-refractivity contribution in [3.8, 4) is 0 Å². The summed E-state index contributed by atoms with van der Waals surface area (Å²) in [6.07, 6.45) is 2.58. The van der Waals surface area contributed by atoms with Gasteiger partial charge in [-0.15, -0.1) is 0 Å². The summed E-state index contributed by atoms with van der Waals surface area (Å²) in [5.41, 5.74) is 12.5. The van der Waals surface area contributed by atoms with Gasteiger partial charge in [-0.05, 0) is 43.0 Å². The molecule has 1 aliphatic carbocycles. The molecule has 0 aliphatic heterocycles. The molecule has 0 atom stereocenters. The van der Waals surface area contributed by atoms with Crippen molar-refractivity contribution >= 4 is 5.69 Å². The van der Waals surface area contributed by atoms with E-state index in [0.29, 0.717) is 17.7 Å². The van der Waals surface area contributed by atoms with E-state index in [4.69, 9.17) is 11.5 Å². The molecule has 0 spiro atoms. The number of halogens is 1. The van der Waals surface area contributed by atoms with Gasteiger partial charge in [-0.25, -0.2) is 4.39 Å². The van der Waals surface area contributed by atoms with Crippen LogP contribution in [0.3, 0.4) is 0 Å². The first-order chi connectivity index (χ1) is 6.09. The van der Waals surface area contributed by atoms with Gasteiger partial charge in [0.15, 0.2) is 0 Å². The lowest BCUT2D eigenvalue weighted by Gasteiger charge is -2.09. The zero-order valence-electron chi connectivity index (χ0n) is 7.39. The van der Waals surface area contributed by atoms with Crippen molar-refractivity contribution in [3.63, 3.8) is 0 Å². The Balaban J connectivity index is 2.23. The molecule has 0 aromatic heterocycles. The summed E-state index contributed by atoms with van der Waals surface area (Å²) in [5.74, 6) is -0.203. The summed E-state index contributed by atoms with van der Waals surface area (Å²) in [7, 11) is 0. The molecule has 1 aromatic rings. The van der Waals surface area contributed by atoms with Gasteiger partial charge in [0.2, 0.25) is 0 Å². The average Bonchev–Trinajstić information content (AvgIpc) is 2.76. The smallest absolute Gasteiger partial charge is 0.126 e. The summed E-state index contributed by atoms with van der Waals surface area (Å²) in [6.45, 7) is 0. The lowest BCUT2D eigenvalue weighted by Crippen LogP contribution is -2.25. The third-order valence-electron chi connectivity index (χ3n) is 2.50. The van der Waals surface area contributed by atoms with Gasteiger partial charge < -0.3 is 11.5 Å². The number of nitrogen functional groups attached to an aromatic ring is 1. The van der Waals surface area contributed by atoms with Crippen LogP contribution in [0.1, 0.15) is 18.4 Å². The zero-order chi connectivity index (χ0) is 9.47.